The van der Waals surface area contributed by atoms with Crippen LogP contribution >= 0.6 is 15.9 Å². The van der Waals surface area contributed by atoms with Crippen molar-refractivity contribution in [3.8, 4) is 5.75 Å². The van der Waals surface area contributed by atoms with E-state index in [1.807, 2.05) is 80.6 Å². The maximum Gasteiger partial charge on any atom is 0.408 e. The van der Waals surface area contributed by atoms with Gasteiger partial charge in [-0.3, -0.25) is 4.79 Å². The van der Waals surface area contributed by atoms with Gasteiger partial charge in [-0.25, -0.2) is 14.6 Å². The van der Waals surface area contributed by atoms with Gasteiger partial charge in [-0.05, 0) is 45.1 Å². The van der Waals surface area contributed by atoms with Crippen molar-refractivity contribution >= 4 is 39.6 Å². The van der Waals surface area contributed by atoms with Gasteiger partial charge in [0.1, 0.15) is 29.9 Å². The van der Waals surface area contributed by atoms with Gasteiger partial charge in [-0.1, -0.05) is 68.4 Å². The number of fused-ring (bicyclic) bond motifs is 4. The van der Waals surface area contributed by atoms with Crippen LogP contribution in [0.2, 0.25) is 0 Å². The summed E-state index contributed by atoms with van der Waals surface area (Å²) in [6.07, 6.45) is -1.27. The molecule has 3 aliphatic heterocycles. The average molecular weight is 688 g/mol. The highest BCUT2D eigenvalue weighted by molar-refractivity contribution is 9.10. The molecule has 12 heteroatoms. The third kappa shape index (κ3) is 4.79. The summed E-state index contributed by atoms with van der Waals surface area (Å²) in [4.78, 5) is 44.9. The molecule has 3 aromatic carbocycles. The van der Waals surface area contributed by atoms with Crippen molar-refractivity contribution in [2.45, 2.75) is 50.6 Å². The number of carbonyl (C=O) groups excluding carboxylic acids is 3. The Hall–Kier alpha value is -4.84. The first kappa shape index (κ1) is 29.8. The molecule has 2 amide bonds. The predicted molar refractivity (Wildman–Crippen MR) is 169 cm³/mol. The second-order valence-corrected chi connectivity index (χ2v) is 12.7. The van der Waals surface area contributed by atoms with Crippen LogP contribution in [0, 0.1) is 5.92 Å². The van der Waals surface area contributed by atoms with Crippen LogP contribution in [-0.4, -0.2) is 42.3 Å². The molecule has 4 atom stereocenters. The molecule has 46 heavy (non-hydrogen) atoms. The summed E-state index contributed by atoms with van der Waals surface area (Å²) in [7, 11) is 1.28. The Morgan fingerprint density at radius 3 is 2.65 bits per heavy atom. The standard InChI is InChI=1S/C34H31BrN4O7/c1-17(2)25-30-38-27(31(41)43-3)28(46-30)34-20-10-7-11-22(35)26(20)39-32(34)45-24-13-12-19(14-21(24)34)15-23(29(40)37-25)36-33(42)44-16-18-8-5-4-6-9-18/h4-14,17,23,25,32,39H,15-16H2,1-3H3,(H,36,42)(H,37,40)/t23-,25-,32?,34+/m0/s1. The third-order valence-electron chi connectivity index (χ3n) is 8.69. The third-order valence-corrected chi connectivity index (χ3v) is 9.35. The summed E-state index contributed by atoms with van der Waals surface area (Å²) in [6, 6.07) is 18.9. The number of rotatable bonds is 5. The lowest BCUT2D eigenvalue weighted by Crippen LogP contribution is -2.49. The largest absolute Gasteiger partial charge is 0.469 e. The quantitative estimate of drug-likeness (QED) is 0.236. The molecule has 0 saturated carbocycles. The van der Waals surface area contributed by atoms with Gasteiger partial charge in [0.05, 0.1) is 12.8 Å². The zero-order chi connectivity index (χ0) is 32.2. The Kier molecular flexibility index (Phi) is 7.47. The van der Waals surface area contributed by atoms with Crippen molar-refractivity contribution in [2.75, 3.05) is 12.4 Å². The van der Waals surface area contributed by atoms with Gasteiger partial charge in [-0.2, -0.15) is 0 Å². The maximum atomic E-state index is 13.9. The van der Waals surface area contributed by atoms with E-state index >= 15 is 0 Å². The fourth-order valence-corrected chi connectivity index (χ4v) is 6.96. The predicted octanol–water partition coefficient (Wildman–Crippen LogP) is 5.37. The number of nitrogens with one attached hydrogen (secondary N) is 3. The molecule has 0 aliphatic carbocycles. The van der Waals surface area contributed by atoms with Crippen molar-refractivity contribution in [1.82, 2.24) is 15.6 Å². The first-order valence-corrected chi connectivity index (χ1v) is 15.7. The molecule has 4 aromatic rings. The first-order valence-electron chi connectivity index (χ1n) is 14.9. The monoisotopic (exact) mass is 686 g/mol. The number of para-hydroxylation sites is 1. The molecule has 7 rings (SSSR count). The number of carbonyl (C=O) groups is 3. The van der Waals surface area contributed by atoms with E-state index in [2.05, 4.69) is 36.9 Å². The number of hydrogen-bond donors (Lipinski definition) is 3. The number of esters is 1. The molecule has 3 aliphatic rings. The van der Waals surface area contributed by atoms with Crippen molar-refractivity contribution in [2.24, 2.45) is 5.92 Å². The number of oxazole rings is 1. The molecule has 236 valence electrons. The van der Waals surface area contributed by atoms with Gasteiger partial charge < -0.3 is 34.6 Å². The van der Waals surface area contributed by atoms with E-state index < -0.39 is 41.7 Å². The summed E-state index contributed by atoms with van der Waals surface area (Å²) in [5.41, 5.74) is 2.74. The number of benzene rings is 3. The number of hydrogen-bond acceptors (Lipinski definition) is 9. The van der Waals surface area contributed by atoms with Crippen LogP contribution in [0.15, 0.2) is 75.6 Å². The average Bonchev–Trinajstić information content (AvgIpc) is 3.72. The number of anilines is 1. The number of methoxy groups -OCH3 is 1. The SMILES string of the molecule is COC(=O)c1nc2oc1[C@@]13c4cc(ccc4OC1Nc1c(Br)cccc13)C[C@H](NC(=O)OCc1ccccc1)C(=O)N[C@H]2C(C)C. The lowest BCUT2D eigenvalue weighted by molar-refractivity contribution is -0.124. The highest BCUT2D eigenvalue weighted by Crippen LogP contribution is 2.59. The Labute approximate surface area is 273 Å². The number of ether oxygens (including phenoxy) is 3. The topological polar surface area (TPSA) is 141 Å². The Bertz CT molecular complexity index is 1860. The maximum absolute atomic E-state index is 13.9. The molecule has 11 nitrogen and oxygen atoms in total. The van der Waals surface area contributed by atoms with Crippen LogP contribution in [0.3, 0.4) is 0 Å². The minimum absolute atomic E-state index is 0.0164. The molecule has 1 unspecified atom stereocenters. The highest BCUT2D eigenvalue weighted by Gasteiger charge is 2.61. The van der Waals surface area contributed by atoms with Crippen molar-refractivity contribution < 1.29 is 33.0 Å². The molecule has 0 fully saturated rings. The van der Waals surface area contributed by atoms with Gasteiger partial charge in [-0.15, -0.1) is 0 Å². The van der Waals surface area contributed by atoms with E-state index in [4.69, 9.17) is 18.6 Å². The molecule has 4 bridgehead atoms. The smallest absolute Gasteiger partial charge is 0.408 e. The zero-order valence-corrected chi connectivity index (χ0v) is 26.8. The minimum Gasteiger partial charge on any atom is -0.469 e. The Morgan fingerprint density at radius 2 is 1.89 bits per heavy atom. The zero-order valence-electron chi connectivity index (χ0n) is 25.3. The fraction of sp³-hybridized carbons (Fsp3) is 0.294. The molecule has 3 N–H and O–H groups in total. The fourth-order valence-electron chi connectivity index (χ4n) is 6.48. The van der Waals surface area contributed by atoms with Crippen LogP contribution in [0.25, 0.3) is 0 Å². The molecule has 0 radical (unpaired) electrons. The van der Waals surface area contributed by atoms with Crippen molar-refractivity contribution in [3.63, 3.8) is 0 Å². The summed E-state index contributed by atoms with van der Waals surface area (Å²) >= 11 is 3.66. The molecule has 1 spiro atoms. The number of alkyl carbamates (subject to hydrolysis) is 1. The number of amides is 2. The van der Waals surface area contributed by atoms with E-state index in [1.165, 1.54) is 7.11 Å². The molecule has 1 aromatic heterocycles. The Morgan fingerprint density at radius 1 is 1.09 bits per heavy atom. The van der Waals surface area contributed by atoms with Gasteiger partial charge in [0.25, 0.3) is 0 Å². The van der Waals surface area contributed by atoms with Crippen LogP contribution in [0.5, 0.6) is 5.75 Å². The second kappa shape index (κ2) is 11.5. The van der Waals surface area contributed by atoms with E-state index in [1.54, 1.807) is 0 Å². The van der Waals surface area contributed by atoms with Crippen LogP contribution in [0.1, 0.15) is 64.3 Å². The number of aromatic nitrogens is 1. The number of nitrogens with zero attached hydrogens (tertiary/aromatic N) is 1. The van der Waals surface area contributed by atoms with Crippen LogP contribution in [-0.2, 0) is 32.7 Å². The van der Waals surface area contributed by atoms with Crippen LogP contribution < -0.4 is 20.7 Å². The summed E-state index contributed by atoms with van der Waals surface area (Å²) in [6.45, 7) is 3.85. The lowest BCUT2D eigenvalue weighted by atomic mass is 9.72. The highest BCUT2D eigenvalue weighted by atomic mass is 79.9. The first-order chi connectivity index (χ1) is 22.2. The molecule has 0 saturated heterocycles. The normalized spacial score (nSPS) is 22.3. The van der Waals surface area contributed by atoms with Crippen molar-refractivity contribution in [1.29, 1.82) is 0 Å². The molecule has 4 heterocycles. The van der Waals surface area contributed by atoms with Crippen LogP contribution in [0.4, 0.5) is 10.5 Å². The Balaban J connectivity index is 1.37. The van der Waals surface area contributed by atoms with Gasteiger partial charge >= 0.3 is 12.1 Å². The van der Waals surface area contributed by atoms with Gasteiger partial charge in [0, 0.05) is 22.0 Å². The lowest BCUT2D eigenvalue weighted by Gasteiger charge is -2.28. The summed E-state index contributed by atoms with van der Waals surface area (Å²) in [5, 5.41) is 9.25. The second-order valence-electron chi connectivity index (χ2n) is 11.9. The number of halogens is 1. The summed E-state index contributed by atoms with van der Waals surface area (Å²) < 4.78 is 24.6. The molecular weight excluding hydrogens is 656 g/mol. The van der Waals surface area contributed by atoms with Crippen molar-refractivity contribution in [3.05, 3.63) is 111 Å². The summed E-state index contributed by atoms with van der Waals surface area (Å²) in [5.74, 6) is -0.397. The van der Waals surface area contributed by atoms with Gasteiger partial charge in [0.2, 0.25) is 11.8 Å². The van der Waals surface area contributed by atoms with E-state index in [9.17, 15) is 14.4 Å². The van der Waals surface area contributed by atoms with E-state index in [0.717, 1.165) is 32.4 Å². The van der Waals surface area contributed by atoms with E-state index in [0.29, 0.717) is 5.75 Å². The molecular formula is C34H31BrN4O7. The van der Waals surface area contributed by atoms with E-state index in [-0.39, 0.29) is 36.3 Å². The van der Waals surface area contributed by atoms with Gasteiger partial charge in [0.15, 0.2) is 17.7 Å². The minimum atomic E-state index is -1.14.